The van der Waals surface area contributed by atoms with E-state index < -0.39 is 5.97 Å². The highest BCUT2D eigenvalue weighted by Crippen LogP contribution is 2.34. The van der Waals surface area contributed by atoms with Gasteiger partial charge in [0.15, 0.2) is 5.78 Å². The number of likely N-dealkylation sites (tertiary alicyclic amines) is 1. The van der Waals surface area contributed by atoms with Gasteiger partial charge in [-0.05, 0) is 130 Å². The first-order valence-electron chi connectivity index (χ1n) is 16.8. The average molecular weight is 623 g/mol. The van der Waals surface area contributed by atoms with Gasteiger partial charge in [0.25, 0.3) is 0 Å². The van der Waals surface area contributed by atoms with Crippen LogP contribution in [-0.2, 0) is 20.7 Å². The van der Waals surface area contributed by atoms with Crippen LogP contribution in [0.3, 0.4) is 0 Å². The number of rotatable bonds is 14. The summed E-state index contributed by atoms with van der Waals surface area (Å²) in [6.45, 7) is 6.16. The quantitative estimate of drug-likeness (QED) is 0.103. The maximum atomic E-state index is 13.5. The number of aryl methyl sites for hydroxylation is 2. The van der Waals surface area contributed by atoms with E-state index in [4.69, 9.17) is 4.74 Å². The zero-order valence-electron chi connectivity index (χ0n) is 28.3. The number of Topliss-reactive ketones (excluding diaryl/α,β-unsaturated/α-hetero) is 1. The molecule has 0 unspecified atom stereocenters. The third-order valence-corrected chi connectivity index (χ3v) is 9.37. The van der Waals surface area contributed by atoms with Crippen LogP contribution < -0.4 is 4.90 Å². The van der Waals surface area contributed by atoms with E-state index >= 15 is 0 Å². The molecule has 46 heavy (non-hydrogen) atoms. The summed E-state index contributed by atoms with van der Waals surface area (Å²) >= 11 is 0. The topological polar surface area (TPSA) is 66.9 Å². The number of ketones is 1. The van der Waals surface area contributed by atoms with Gasteiger partial charge in [0.1, 0.15) is 0 Å². The minimum Gasteiger partial charge on any atom is -0.465 e. The van der Waals surface area contributed by atoms with Gasteiger partial charge >= 0.3 is 5.97 Å². The molecule has 0 radical (unpaired) electrons. The van der Waals surface area contributed by atoms with Gasteiger partial charge in [-0.25, -0.2) is 4.79 Å². The van der Waals surface area contributed by atoms with Gasteiger partial charge in [0.05, 0.1) is 12.7 Å². The van der Waals surface area contributed by atoms with E-state index in [1.807, 2.05) is 57.3 Å². The number of carbonyl (C=O) groups is 3. The number of allylic oxidation sites excluding steroid dienone is 2. The number of methoxy groups -OCH3 is 1. The zero-order chi connectivity index (χ0) is 33.1. The molecule has 6 nitrogen and oxygen atoms in total. The molecule has 0 saturated carbocycles. The fourth-order valence-electron chi connectivity index (χ4n) is 6.46. The van der Waals surface area contributed by atoms with Crippen molar-refractivity contribution in [3.63, 3.8) is 0 Å². The number of esters is 1. The molecule has 0 aliphatic carbocycles. The summed E-state index contributed by atoms with van der Waals surface area (Å²) in [6.07, 6.45) is 7.96. The molecule has 0 N–H and O–H groups in total. The van der Waals surface area contributed by atoms with Crippen molar-refractivity contribution in [2.24, 2.45) is 5.92 Å². The van der Waals surface area contributed by atoms with E-state index in [0.29, 0.717) is 24.0 Å². The Kier molecular flexibility index (Phi) is 12.9. The molecule has 0 spiro atoms. The number of hydrogen-bond acceptors (Lipinski definition) is 5. The summed E-state index contributed by atoms with van der Waals surface area (Å²) in [5, 5.41) is 0. The molecule has 0 aromatic heterocycles. The molecule has 1 fully saturated rings. The van der Waals surface area contributed by atoms with Crippen LogP contribution in [0, 0.1) is 12.8 Å². The number of piperidine rings is 1. The summed E-state index contributed by atoms with van der Waals surface area (Å²) in [5.74, 6) is 0.602. The molecule has 4 rings (SSSR count). The number of hydrogen-bond donors (Lipinski definition) is 0. The molecule has 1 heterocycles. The second-order valence-electron chi connectivity index (χ2n) is 12.6. The van der Waals surface area contributed by atoms with Crippen molar-refractivity contribution >= 4 is 34.5 Å². The van der Waals surface area contributed by atoms with Crippen LogP contribution in [0.4, 0.5) is 5.69 Å². The molecule has 1 saturated heterocycles. The van der Waals surface area contributed by atoms with Crippen LogP contribution in [0.2, 0.25) is 0 Å². The SMILES string of the molecule is CCC(=O)/C(=C(\CCCc1ccc(N(C)C(=O)CCCC2CCN(C)CC2)cc1)c1ccccc1)c1ccc(C(=O)OC)cc1C. The first-order valence-corrected chi connectivity index (χ1v) is 16.8. The highest BCUT2D eigenvalue weighted by atomic mass is 16.5. The molecule has 244 valence electrons. The standard InChI is InChI=1S/C40H50N2O4/c1-6-37(43)39(35-23-20-33(28-29(35)2)40(45)46-5)36(32-14-8-7-9-15-32)16-10-12-30-18-21-34(22-19-30)42(4)38(44)17-11-13-31-24-26-41(3)27-25-31/h7-9,14-15,18-23,28,31H,6,10-13,16-17,24-27H2,1-5H3/b39-36+. The lowest BCUT2D eigenvalue weighted by atomic mass is 9.85. The molecule has 0 bridgehead atoms. The van der Waals surface area contributed by atoms with Gasteiger partial charge in [-0.1, -0.05) is 55.5 Å². The van der Waals surface area contributed by atoms with Crippen LogP contribution >= 0.6 is 0 Å². The van der Waals surface area contributed by atoms with Crippen molar-refractivity contribution in [2.75, 3.05) is 39.2 Å². The van der Waals surface area contributed by atoms with Gasteiger partial charge in [-0.15, -0.1) is 0 Å². The van der Waals surface area contributed by atoms with Crippen LogP contribution in [-0.4, -0.2) is 56.9 Å². The van der Waals surface area contributed by atoms with E-state index in [2.05, 4.69) is 36.2 Å². The summed E-state index contributed by atoms with van der Waals surface area (Å²) in [5.41, 5.74) is 7.06. The normalized spacial score (nSPS) is 14.5. The van der Waals surface area contributed by atoms with Crippen LogP contribution in [0.25, 0.3) is 11.1 Å². The Morgan fingerprint density at radius 3 is 2.22 bits per heavy atom. The lowest BCUT2D eigenvalue weighted by Crippen LogP contribution is -2.30. The minimum atomic E-state index is -0.394. The molecule has 1 amide bonds. The fraction of sp³-hybridized carbons (Fsp3) is 0.425. The van der Waals surface area contributed by atoms with Gasteiger partial charge in [-0.2, -0.15) is 0 Å². The van der Waals surface area contributed by atoms with Crippen LogP contribution in [0.15, 0.2) is 72.8 Å². The Bertz CT molecular complexity index is 1500. The largest absolute Gasteiger partial charge is 0.465 e. The van der Waals surface area contributed by atoms with Gasteiger partial charge < -0.3 is 14.5 Å². The van der Waals surface area contributed by atoms with Gasteiger partial charge in [0.2, 0.25) is 5.91 Å². The van der Waals surface area contributed by atoms with Crippen molar-refractivity contribution in [3.05, 3.63) is 101 Å². The van der Waals surface area contributed by atoms with E-state index in [9.17, 15) is 14.4 Å². The van der Waals surface area contributed by atoms with Gasteiger partial charge in [-0.3, -0.25) is 9.59 Å². The number of benzene rings is 3. The minimum absolute atomic E-state index is 0.0798. The average Bonchev–Trinajstić information content (AvgIpc) is 3.08. The van der Waals surface area contributed by atoms with Crippen molar-refractivity contribution in [1.29, 1.82) is 0 Å². The number of nitrogens with zero attached hydrogens (tertiary/aromatic N) is 2. The number of anilines is 1. The number of amides is 1. The van der Waals surface area contributed by atoms with Crippen molar-refractivity contribution in [1.82, 2.24) is 4.90 Å². The molecule has 3 aromatic carbocycles. The molecule has 0 atom stereocenters. The predicted molar refractivity (Wildman–Crippen MR) is 188 cm³/mol. The number of carbonyl (C=O) groups excluding carboxylic acids is 3. The maximum absolute atomic E-state index is 13.5. The van der Waals surface area contributed by atoms with E-state index in [0.717, 1.165) is 66.0 Å². The summed E-state index contributed by atoms with van der Waals surface area (Å²) in [6, 6.07) is 23.8. The Morgan fingerprint density at radius 1 is 0.891 bits per heavy atom. The molecular weight excluding hydrogens is 572 g/mol. The highest BCUT2D eigenvalue weighted by molar-refractivity contribution is 6.28. The predicted octanol–water partition coefficient (Wildman–Crippen LogP) is 8.17. The molecule has 3 aromatic rings. The first-order chi connectivity index (χ1) is 22.2. The Morgan fingerprint density at radius 2 is 1.59 bits per heavy atom. The highest BCUT2D eigenvalue weighted by Gasteiger charge is 2.21. The Hall–Kier alpha value is -4.03. The Labute approximate surface area is 275 Å². The smallest absolute Gasteiger partial charge is 0.337 e. The second kappa shape index (κ2) is 17.0. The number of ether oxygens (including phenoxy) is 1. The summed E-state index contributed by atoms with van der Waals surface area (Å²) < 4.78 is 4.90. The third kappa shape index (κ3) is 9.26. The van der Waals surface area contributed by atoms with E-state index in [1.165, 1.54) is 38.6 Å². The van der Waals surface area contributed by atoms with E-state index in [-0.39, 0.29) is 11.7 Å². The van der Waals surface area contributed by atoms with Crippen molar-refractivity contribution < 1.29 is 19.1 Å². The summed E-state index contributed by atoms with van der Waals surface area (Å²) in [7, 11) is 5.42. The zero-order valence-corrected chi connectivity index (χ0v) is 28.3. The Balaban J connectivity index is 1.44. The van der Waals surface area contributed by atoms with Crippen LogP contribution in [0.5, 0.6) is 0 Å². The monoisotopic (exact) mass is 622 g/mol. The summed E-state index contributed by atoms with van der Waals surface area (Å²) in [4.78, 5) is 42.7. The second-order valence-corrected chi connectivity index (χ2v) is 12.6. The third-order valence-electron chi connectivity index (χ3n) is 9.37. The molecule has 1 aliphatic heterocycles. The van der Waals surface area contributed by atoms with Crippen LogP contribution in [0.1, 0.15) is 90.9 Å². The van der Waals surface area contributed by atoms with Gasteiger partial charge in [0, 0.05) is 31.1 Å². The van der Waals surface area contributed by atoms with E-state index in [1.54, 1.807) is 17.0 Å². The molecule has 6 heteroatoms. The van der Waals surface area contributed by atoms with Crippen molar-refractivity contribution in [2.45, 2.75) is 71.6 Å². The lowest BCUT2D eigenvalue weighted by Gasteiger charge is -2.29. The van der Waals surface area contributed by atoms with Crippen molar-refractivity contribution in [3.8, 4) is 0 Å². The fourth-order valence-corrected chi connectivity index (χ4v) is 6.46. The molecule has 1 aliphatic rings. The first kappa shape index (κ1) is 34.8. The lowest BCUT2D eigenvalue weighted by molar-refractivity contribution is -0.118. The maximum Gasteiger partial charge on any atom is 0.337 e. The molecular formula is C40H50N2O4.